The van der Waals surface area contributed by atoms with Crippen molar-refractivity contribution in [2.45, 2.75) is 33.2 Å². The molecule has 0 radical (unpaired) electrons. The number of hydrogen-bond donors (Lipinski definition) is 0. The summed E-state index contributed by atoms with van der Waals surface area (Å²) in [7, 11) is 0. The van der Waals surface area contributed by atoms with Gasteiger partial charge in [-0.25, -0.2) is 0 Å². The van der Waals surface area contributed by atoms with Gasteiger partial charge >= 0.3 is 0 Å². The predicted octanol–water partition coefficient (Wildman–Crippen LogP) is 3.99. The molecule has 0 aliphatic rings. The van der Waals surface area contributed by atoms with Gasteiger partial charge in [-0.2, -0.15) is 0 Å². The molecule has 0 spiro atoms. The summed E-state index contributed by atoms with van der Waals surface area (Å²) >= 11 is 0. The molecule has 0 aromatic heterocycles. The van der Waals surface area contributed by atoms with Crippen molar-refractivity contribution in [2.24, 2.45) is 5.92 Å². The third kappa shape index (κ3) is 7.76. The molecule has 0 amide bonds. The van der Waals surface area contributed by atoms with E-state index >= 15 is 0 Å². The fraction of sp³-hybridized carbons (Fsp3) is 0.538. The van der Waals surface area contributed by atoms with Crippen LogP contribution >= 0.6 is 0 Å². The maximum Gasteiger partial charge on any atom is 0 e. The first-order valence-electron chi connectivity index (χ1n) is 5.46. The van der Waals surface area contributed by atoms with Crippen molar-refractivity contribution in [3.63, 3.8) is 0 Å². The predicted molar refractivity (Wildman–Crippen MR) is 62.4 cm³/mol. The first kappa shape index (κ1) is 14.9. The molecule has 0 unspecified atom stereocenters. The summed E-state index contributed by atoms with van der Waals surface area (Å²) in [6, 6.07) is 10.4. The number of benzene rings is 1. The van der Waals surface area contributed by atoms with Crippen molar-refractivity contribution >= 4 is 0 Å². The molecule has 15 heavy (non-hydrogen) atoms. The van der Waals surface area contributed by atoms with Gasteiger partial charge in [0.2, 0.25) is 0 Å². The SMILES string of the molecule is CC(C)CCC[N-]Cc1ccccc1.[W]. The van der Waals surface area contributed by atoms with E-state index in [0.717, 1.165) is 19.0 Å². The molecule has 1 nitrogen and oxygen atoms in total. The maximum atomic E-state index is 4.51. The summed E-state index contributed by atoms with van der Waals surface area (Å²) < 4.78 is 0. The molecule has 1 rings (SSSR count). The van der Waals surface area contributed by atoms with E-state index in [0.29, 0.717) is 0 Å². The summed E-state index contributed by atoms with van der Waals surface area (Å²) in [5.41, 5.74) is 1.32. The molecular formula is C13H20NW-. The van der Waals surface area contributed by atoms with Crippen LogP contribution in [0.4, 0.5) is 0 Å². The fourth-order valence-electron chi connectivity index (χ4n) is 1.40. The number of hydrogen-bond acceptors (Lipinski definition) is 0. The van der Waals surface area contributed by atoms with E-state index in [1.54, 1.807) is 0 Å². The van der Waals surface area contributed by atoms with E-state index in [1.807, 2.05) is 6.07 Å². The third-order valence-corrected chi connectivity index (χ3v) is 2.23. The Hall–Kier alpha value is -0.132. The number of nitrogens with zero attached hydrogens (tertiary/aromatic N) is 1. The van der Waals surface area contributed by atoms with Crippen LogP contribution < -0.4 is 0 Å². The van der Waals surface area contributed by atoms with Crippen LogP contribution in [-0.4, -0.2) is 6.54 Å². The molecule has 0 saturated carbocycles. The van der Waals surface area contributed by atoms with Gasteiger partial charge in [0, 0.05) is 21.1 Å². The van der Waals surface area contributed by atoms with E-state index < -0.39 is 0 Å². The summed E-state index contributed by atoms with van der Waals surface area (Å²) in [6.07, 6.45) is 2.52. The topological polar surface area (TPSA) is 14.1 Å². The van der Waals surface area contributed by atoms with Crippen LogP contribution in [0.2, 0.25) is 0 Å². The summed E-state index contributed by atoms with van der Waals surface area (Å²) in [4.78, 5) is 0. The van der Waals surface area contributed by atoms with Crippen molar-refractivity contribution in [1.29, 1.82) is 0 Å². The van der Waals surface area contributed by atoms with Gasteiger partial charge < -0.3 is 5.32 Å². The van der Waals surface area contributed by atoms with E-state index in [9.17, 15) is 0 Å². The maximum absolute atomic E-state index is 4.51. The molecule has 0 atom stereocenters. The molecule has 84 valence electrons. The first-order chi connectivity index (χ1) is 6.79. The zero-order valence-corrected chi connectivity index (χ0v) is 12.6. The van der Waals surface area contributed by atoms with Crippen LogP contribution in [0.1, 0.15) is 32.3 Å². The van der Waals surface area contributed by atoms with Crippen molar-refractivity contribution < 1.29 is 21.1 Å². The van der Waals surface area contributed by atoms with Gasteiger partial charge in [0.25, 0.3) is 0 Å². The van der Waals surface area contributed by atoms with E-state index in [4.69, 9.17) is 0 Å². The minimum atomic E-state index is 0. The Labute approximate surface area is 108 Å². The molecule has 1 aromatic carbocycles. The van der Waals surface area contributed by atoms with Crippen molar-refractivity contribution in [3.05, 3.63) is 41.2 Å². The largest absolute Gasteiger partial charge is 0.658 e. The molecule has 0 bridgehead atoms. The Morgan fingerprint density at radius 2 is 1.80 bits per heavy atom. The normalized spacial score (nSPS) is 10.1. The zero-order chi connectivity index (χ0) is 10.2. The Bertz CT molecular complexity index is 234. The second-order valence-electron chi connectivity index (χ2n) is 4.13. The fourth-order valence-corrected chi connectivity index (χ4v) is 1.40. The molecular weight excluding hydrogens is 354 g/mol. The van der Waals surface area contributed by atoms with Gasteiger partial charge in [-0.15, -0.1) is 13.1 Å². The Morgan fingerprint density at radius 1 is 1.13 bits per heavy atom. The quantitative estimate of drug-likeness (QED) is 0.669. The van der Waals surface area contributed by atoms with Crippen molar-refractivity contribution in [2.75, 3.05) is 6.54 Å². The van der Waals surface area contributed by atoms with Gasteiger partial charge in [0.15, 0.2) is 0 Å². The Balaban J connectivity index is 0.00000196. The van der Waals surface area contributed by atoms with Gasteiger partial charge in [-0.3, -0.25) is 0 Å². The second-order valence-corrected chi connectivity index (χ2v) is 4.13. The van der Waals surface area contributed by atoms with Gasteiger partial charge in [0.05, 0.1) is 0 Å². The standard InChI is InChI=1S/C13H20N.W/c1-12(2)7-6-10-14-11-13-8-4-3-5-9-13;/h3-5,8-9,12H,6-7,10-11H2,1-2H3;/q-1;. The van der Waals surface area contributed by atoms with Crippen LogP contribution in [0.3, 0.4) is 0 Å². The first-order valence-corrected chi connectivity index (χ1v) is 5.46. The molecule has 0 aliphatic heterocycles. The van der Waals surface area contributed by atoms with Crippen LogP contribution in [0, 0.1) is 5.92 Å². The van der Waals surface area contributed by atoms with Crippen LogP contribution in [0.15, 0.2) is 30.3 Å². The molecule has 0 fully saturated rings. The second kappa shape index (κ2) is 9.12. The third-order valence-electron chi connectivity index (χ3n) is 2.23. The minimum absolute atomic E-state index is 0. The number of rotatable bonds is 6. The van der Waals surface area contributed by atoms with Crippen LogP contribution in [0.25, 0.3) is 5.32 Å². The summed E-state index contributed by atoms with van der Waals surface area (Å²) in [5.74, 6) is 0.807. The average Bonchev–Trinajstić information content (AvgIpc) is 2.18. The average molecular weight is 374 g/mol. The van der Waals surface area contributed by atoms with Crippen molar-refractivity contribution in [3.8, 4) is 0 Å². The molecule has 2 heteroatoms. The monoisotopic (exact) mass is 374 g/mol. The van der Waals surface area contributed by atoms with Crippen LogP contribution in [0.5, 0.6) is 0 Å². The zero-order valence-electron chi connectivity index (χ0n) is 9.65. The van der Waals surface area contributed by atoms with Crippen molar-refractivity contribution in [1.82, 2.24) is 0 Å². The molecule has 0 saturated heterocycles. The van der Waals surface area contributed by atoms with E-state index in [2.05, 4.69) is 43.4 Å². The van der Waals surface area contributed by atoms with Gasteiger partial charge in [0.1, 0.15) is 0 Å². The molecule has 0 N–H and O–H groups in total. The summed E-state index contributed by atoms with van der Waals surface area (Å²) in [5, 5.41) is 4.51. The summed E-state index contributed by atoms with van der Waals surface area (Å²) in [6.45, 7) is 6.40. The molecule has 1 aromatic rings. The minimum Gasteiger partial charge on any atom is -0.658 e. The van der Waals surface area contributed by atoms with E-state index in [1.165, 1.54) is 18.4 Å². The van der Waals surface area contributed by atoms with Gasteiger partial charge in [-0.05, 0) is 5.92 Å². The van der Waals surface area contributed by atoms with Crippen LogP contribution in [-0.2, 0) is 27.6 Å². The van der Waals surface area contributed by atoms with E-state index in [-0.39, 0.29) is 21.1 Å². The Morgan fingerprint density at radius 3 is 2.40 bits per heavy atom. The molecule has 0 heterocycles. The molecule has 0 aliphatic carbocycles. The van der Waals surface area contributed by atoms with Gasteiger partial charge in [-0.1, -0.05) is 62.6 Å². The smallest absolute Gasteiger partial charge is 0 e. The Kier molecular flexibility index (Phi) is 9.04.